The molecule has 0 bridgehead atoms. The molecular formula is C13H20N2O3. The van der Waals surface area contributed by atoms with Crippen molar-refractivity contribution in [2.75, 3.05) is 6.54 Å². The molecule has 0 fully saturated rings. The largest absolute Gasteiger partial charge is 0.444 e. The molecule has 18 heavy (non-hydrogen) atoms. The van der Waals surface area contributed by atoms with Gasteiger partial charge in [0.05, 0.1) is 0 Å². The highest BCUT2D eigenvalue weighted by molar-refractivity contribution is 5.67. The van der Waals surface area contributed by atoms with Crippen LogP contribution in [-0.2, 0) is 11.2 Å². The van der Waals surface area contributed by atoms with Gasteiger partial charge < -0.3 is 15.0 Å². The molecule has 2 N–H and O–H groups in total. The predicted molar refractivity (Wildman–Crippen MR) is 69.7 cm³/mol. The summed E-state index contributed by atoms with van der Waals surface area (Å²) in [4.78, 5) is 25.3. The van der Waals surface area contributed by atoms with Crippen molar-refractivity contribution in [3.8, 4) is 0 Å². The van der Waals surface area contributed by atoms with E-state index in [1.54, 1.807) is 0 Å². The van der Waals surface area contributed by atoms with Crippen LogP contribution in [0.2, 0.25) is 0 Å². The molecule has 0 radical (unpaired) electrons. The summed E-state index contributed by atoms with van der Waals surface area (Å²) in [5.41, 5.74) is 1.09. The number of carbonyl (C=O) groups excluding carboxylic acids is 1. The molecule has 0 spiro atoms. The van der Waals surface area contributed by atoms with Gasteiger partial charge in [-0.25, -0.2) is 4.79 Å². The van der Waals surface area contributed by atoms with Gasteiger partial charge in [0.15, 0.2) is 0 Å². The van der Waals surface area contributed by atoms with E-state index in [-0.39, 0.29) is 5.56 Å². The first kappa shape index (κ1) is 14.3. The van der Waals surface area contributed by atoms with E-state index in [9.17, 15) is 9.59 Å². The quantitative estimate of drug-likeness (QED) is 0.861. The van der Waals surface area contributed by atoms with Crippen LogP contribution in [0, 0.1) is 6.92 Å². The van der Waals surface area contributed by atoms with E-state index in [1.165, 1.54) is 6.07 Å². The molecule has 5 heteroatoms. The fourth-order valence-electron chi connectivity index (χ4n) is 1.52. The number of aryl methyl sites for hydroxylation is 1. The van der Waals surface area contributed by atoms with Gasteiger partial charge in [-0.1, -0.05) is 0 Å². The molecule has 1 aromatic rings. The van der Waals surface area contributed by atoms with Crippen molar-refractivity contribution in [1.82, 2.24) is 10.3 Å². The lowest BCUT2D eigenvalue weighted by Gasteiger charge is -2.19. The highest BCUT2D eigenvalue weighted by atomic mass is 16.6. The number of aromatic nitrogens is 1. The molecule has 0 saturated carbocycles. The minimum Gasteiger partial charge on any atom is -0.444 e. The number of carbonyl (C=O) groups is 1. The normalized spacial score (nSPS) is 11.1. The van der Waals surface area contributed by atoms with Gasteiger partial charge in [0, 0.05) is 18.3 Å². The Hall–Kier alpha value is -1.78. The monoisotopic (exact) mass is 252 g/mol. The Morgan fingerprint density at radius 3 is 2.61 bits per heavy atom. The molecule has 0 unspecified atom stereocenters. The van der Waals surface area contributed by atoms with Crippen LogP contribution in [-0.4, -0.2) is 23.2 Å². The van der Waals surface area contributed by atoms with Gasteiger partial charge in [-0.15, -0.1) is 0 Å². The van der Waals surface area contributed by atoms with Crippen molar-refractivity contribution in [2.24, 2.45) is 0 Å². The fourth-order valence-corrected chi connectivity index (χ4v) is 1.52. The second kappa shape index (κ2) is 5.71. The van der Waals surface area contributed by atoms with Crippen molar-refractivity contribution in [3.63, 3.8) is 0 Å². The Labute approximate surface area is 107 Å². The molecule has 1 heterocycles. The number of H-pyrrole nitrogens is 1. The van der Waals surface area contributed by atoms with E-state index >= 15 is 0 Å². The van der Waals surface area contributed by atoms with Crippen LogP contribution in [0.15, 0.2) is 16.9 Å². The summed E-state index contributed by atoms with van der Waals surface area (Å²) in [5.74, 6) is 0. The maximum Gasteiger partial charge on any atom is 0.407 e. The number of aromatic amines is 1. The first-order chi connectivity index (χ1) is 8.26. The minimum absolute atomic E-state index is 0.123. The standard InChI is InChI=1S/C13H20N2O3/c1-9-7-10(8-11(16)15-9)5-6-14-12(17)18-13(2,3)4/h7-8H,5-6H2,1-4H3,(H,14,17)(H,15,16). The van der Waals surface area contributed by atoms with Crippen LogP contribution < -0.4 is 10.9 Å². The van der Waals surface area contributed by atoms with Crippen molar-refractivity contribution in [2.45, 2.75) is 39.7 Å². The SMILES string of the molecule is Cc1cc(CCNC(=O)OC(C)(C)C)cc(=O)[nH]1. The van der Waals surface area contributed by atoms with Crippen LogP contribution in [0.4, 0.5) is 4.79 Å². The summed E-state index contributed by atoms with van der Waals surface area (Å²) >= 11 is 0. The summed E-state index contributed by atoms with van der Waals surface area (Å²) < 4.78 is 5.11. The topological polar surface area (TPSA) is 71.2 Å². The molecular weight excluding hydrogens is 232 g/mol. The number of nitrogens with one attached hydrogen (secondary N) is 2. The molecule has 0 atom stereocenters. The van der Waals surface area contributed by atoms with Crippen molar-refractivity contribution in [3.05, 3.63) is 33.7 Å². The lowest BCUT2D eigenvalue weighted by Crippen LogP contribution is -2.33. The predicted octanol–water partition coefficient (Wildman–Crippen LogP) is 1.75. The number of hydrogen-bond acceptors (Lipinski definition) is 3. The second-order valence-electron chi connectivity index (χ2n) is 5.21. The molecule has 0 aromatic carbocycles. The zero-order valence-electron chi connectivity index (χ0n) is 11.3. The van der Waals surface area contributed by atoms with Gasteiger partial charge in [0.2, 0.25) is 5.56 Å². The van der Waals surface area contributed by atoms with Crippen molar-refractivity contribution >= 4 is 6.09 Å². The lowest BCUT2D eigenvalue weighted by atomic mass is 10.2. The highest BCUT2D eigenvalue weighted by Gasteiger charge is 2.15. The van der Waals surface area contributed by atoms with E-state index in [4.69, 9.17) is 4.74 Å². The third-order valence-corrected chi connectivity index (χ3v) is 2.12. The van der Waals surface area contributed by atoms with Crippen molar-refractivity contribution < 1.29 is 9.53 Å². The molecule has 0 aliphatic rings. The summed E-state index contributed by atoms with van der Waals surface area (Å²) in [6.07, 6.45) is 0.161. The zero-order chi connectivity index (χ0) is 13.8. The Balaban J connectivity index is 2.42. The molecule has 5 nitrogen and oxygen atoms in total. The fraction of sp³-hybridized carbons (Fsp3) is 0.538. The van der Waals surface area contributed by atoms with Gasteiger partial charge >= 0.3 is 6.09 Å². The number of pyridine rings is 1. The number of alkyl carbamates (subject to hydrolysis) is 1. The van der Waals surface area contributed by atoms with E-state index in [1.807, 2.05) is 33.8 Å². The van der Waals surface area contributed by atoms with E-state index in [0.717, 1.165) is 11.3 Å². The molecule has 1 rings (SSSR count). The maximum atomic E-state index is 11.4. The molecule has 0 aliphatic carbocycles. The van der Waals surface area contributed by atoms with Crippen LogP contribution >= 0.6 is 0 Å². The molecule has 1 aromatic heterocycles. The van der Waals surface area contributed by atoms with Gasteiger partial charge in [-0.05, 0) is 45.7 Å². The molecule has 0 saturated heterocycles. The number of amides is 1. The van der Waals surface area contributed by atoms with Crippen LogP contribution in [0.1, 0.15) is 32.0 Å². The number of hydrogen-bond donors (Lipinski definition) is 2. The summed E-state index contributed by atoms with van der Waals surface area (Å²) in [5, 5.41) is 2.65. The van der Waals surface area contributed by atoms with E-state index in [2.05, 4.69) is 10.3 Å². The van der Waals surface area contributed by atoms with Gasteiger partial charge in [0.1, 0.15) is 5.60 Å². The van der Waals surface area contributed by atoms with E-state index in [0.29, 0.717) is 13.0 Å². The summed E-state index contributed by atoms with van der Waals surface area (Å²) in [6, 6.07) is 3.42. The smallest absolute Gasteiger partial charge is 0.407 e. The summed E-state index contributed by atoms with van der Waals surface area (Å²) in [7, 11) is 0. The second-order valence-corrected chi connectivity index (χ2v) is 5.21. The molecule has 1 amide bonds. The van der Waals surface area contributed by atoms with Gasteiger partial charge in [0.25, 0.3) is 0 Å². The minimum atomic E-state index is -0.495. The lowest BCUT2D eigenvalue weighted by molar-refractivity contribution is 0.0528. The average Bonchev–Trinajstić information content (AvgIpc) is 2.12. The Bertz CT molecular complexity index is 472. The summed E-state index contributed by atoms with van der Waals surface area (Å²) in [6.45, 7) is 7.70. The van der Waals surface area contributed by atoms with Gasteiger partial charge in [-0.3, -0.25) is 4.79 Å². The third-order valence-electron chi connectivity index (χ3n) is 2.12. The average molecular weight is 252 g/mol. The van der Waals surface area contributed by atoms with Crippen LogP contribution in [0.3, 0.4) is 0 Å². The Morgan fingerprint density at radius 1 is 1.39 bits per heavy atom. The van der Waals surface area contributed by atoms with Gasteiger partial charge in [-0.2, -0.15) is 0 Å². The maximum absolute atomic E-state index is 11.4. The third kappa shape index (κ3) is 5.52. The number of rotatable bonds is 3. The van der Waals surface area contributed by atoms with E-state index < -0.39 is 11.7 Å². The highest BCUT2D eigenvalue weighted by Crippen LogP contribution is 2.06. The first-order valence-electron chi connectivity index (χ1n) is 5.93. The van der Waals surface area contributed by atoms with Crippen LogP contribution in [0.25, 0.3) is 0 Å². The zero-order valence-corrected chi connectivity index (χ0v) is 11.3. The van der Waals surface area contributed by atoms with Crippen LogP contribution in [0.5, 0.6) is 0 Å². The molecule has 0 aliphatic heterocycles. The molecule has 100 valence electrons. The van der Waals surface area contributed by atoms with Crippen molar-refractivity contribution in [1.29, 1.82) is 0 Å². The number of ether oxygens (including phenoxy) is 1. The Kier molecular flexibility index (Phi) is 4.53. The first-order valence-corrected chi connectivity index (χ1v) is 5.93. The Morgan fingerprint density at radius 2 is 2.06 bits per heavy atom.